The third-order valence-corrected chi connectivity index (χ3v) is 7.77. The fourth-order valence-electron chi connectivity index (χ4n) is 4.41. The van der Waals surface area contributed by atoms with Crippen LogP contribution in [0, 0.1) is 0 Å². The number of carbonyl (C=O) groups is 2. The third kappa shape index (κ3) is 9.17. The number of rotatable bonds is 10. The van der Waals surface area contributed by atoms with Crippen LogP contribution in [0.4, 0.5) is 18.9 Å². The molecule has 1 fully saturated rings. The zero-order chi connectivity index (χ0) is 29.4. The van der Waals surface area contributed by atoms with E-state index >= 15 is 0 Å². The second kappa shape index (κ2) is 13.8. The van der Waals surface area contributed by atoms with Crippen molar-refractivity contribution in [1.82, 2.24) is 25.1 Å². The molecule has 2 N–H and O–H groups in total. The Hall–Kier alpha value is -3.68. The first-order chi connectivity index (χ1) is 19.6. The normalized spacial score (nSPS) is 15.4. The molecule has 0 aliphatic carbocycles. The zero-order valence-electron chi connectivity index (χ0n) is 22.6. The van der Waals surface area contributed by atoms with Crippen molar-refractivity contribution in [2.75, 3.05) is 39.0 Å². The summed E-state index contributed by atoms with van der Waals surface area (Å²) in [4.78, 5) is 39.1. The van der Waals surface area contributed by atoms with Crippen LogP contribution in [0.25, 0.3) is 0 Å². The van der Waals surface area contributed by atoms with Gasteiger partial charge in [-0.3, -0.25) is 19.5 Å². The second-order valence-corrected chi connectivity index (χ2v) is 10.8. The van der Waals surface area contributed by atoms with Gasteiger partial charge in [0, 0.05) is 30.3 Å². The van der Waals surface area contributed by atoms with Crippen LogP contribution in [0.1, 0.15) is 34.1 Å². The molecule has 3 heterocycles. The molecule has 1 aromatic carbocycles. The Morgan fingerprint density at radius 2 is 1.78 bits per heavy atom. The molecule has 1 unspecified atom stereocenters. The van der Waals surface area contributed by atoms with Gasteiger partial charge in [-0.15, -0.1) is 13.2 Å². The first kappa shape index (κ1) is 30.3. The lowest BCUT2D eigenvalue weighted by Gasteiger charge is -2.35. The van der Waals surface area contributed by atoms with Gasteiger partial charge in [-0.2, -0.15) is 0 Å². The van der Waals surface area contributed by atoms with Gasteiger partial charge in [0.25, 0.3) is 5.91 Å². The summed E-state index contributed by atoms with van der Waals surface area (Å²) in [6, 6.07) is 11.9. The van der Waals surface area contributed by atoms with Crippen molar-refractivity contribution >= 4 is 29.3 Å². The van der Waals surface area contributed by atoms with Crippen molar-refractivity contribution in [3.05, 3.63) is 78.2 Å². The number of likely N-dealkylation sites (tertiary alicyclic amines) is 1. The van der Waals surface area contributed by atoms with E-state index in [0.29, 0.717) is 11.1 Å². The van der Waals surface area contributed by atoms with Crippen molar-refractivity contribution < 1.29 is 27.5 Å². The smallest absolute Gasteiger partial charge is 0.406 e. The predicted octanol–water partition coefficient (Wildman–Crippen LogP) is 4.56. The molecule has 1 aliphatic rings. The number of nitrogens with one attached hydrogen (secondary N) is 2. The topological polar surface area (TPSA) is 99.7 Å². The summed E-state index contributed by atoms with van der Waals surface area (Å²) in [5.74, 6) is -1.07. The van der Waals surface area contributed by atoms with Crippen LogP contribution in [0.3, 0.4) is 0 Å². The Balaban J connectivity index is 1.46. The lowest BCUT2D eigenvalue weighted by Crippen LogP contribution is -2.46. The number of pyridine rings is 2. The highest BCUT2D eigenvalue weighted by molar-refractivity contribution is 7.99. The summed E-state index contributed by atoms with van der Waals surface area (Å²) in [5.41, 5.74) is 1.29. The summed E-state index contributed by atoms with van der Waals surface area (Å²) in [7, 11) is 4.04. The molecule has 218 valence electrons. The van der Waals surface area contributed by atoms with Crippen molar-refractivity contribution in [3.63, 3.8) is 0 Å². The molecule has 1 saturated heterocycles. The Morgan fingerprint density at radius 1 is 1.10 bits per heavy atom. The van der Waals surface area contributed by atoms with E-state index in [1.807, 2.05) is 7.05 Å². The zero-order valence-corrected chi connectivity index (χ0v) is 23.4. The Labute approximate surface area is 240 Å². The van der Waals surface area contributed by atoms with Gasteiger partial charge in [-0.25, -0.2) is 4.98 Å². The van der Waals surface area contributed by atoms with Crippen LogP contribution < -0.4 is 15.4 Å². The minimum Gasteiger partial charge on any atom is -0.406 e. The van der Waals surface area contributed by atoms with E-state index in [0.717, 1.165) is 43.6 Å². The summed E-state index contributed by atoms with van der Waals surface area (Å²) in [6.45, 7) is 2.20. The van der Waals surface area contributed by atoms with Gasteiger partial charge in [0.15, 0.2) is 0 Å². The number of thioether (sulfide) groups is 1. The summed E-state index contributed by atoms with van der Waals surface area (Å²) >= 11 is 1.21. The Bertz CT molecular complexity index is 1310. The molecule has 9 nitrogen and oxygen atoms in total. The van der Waals surface area contributed by atoms with Crippen molar-refractivity contribution in [2.24, 2.45) is 0 Å². The number of alkyl halides is 3. The van der Waals surface area contributed by atoms with Gasteiger partial charge in [0.05, 0.1) is 12.1 Å². The summed E-state index contributed by atoms with van der Waals surface area (Å²) in [5, 5.41) is 5.55. The molecule has 4 rings (SSSR count). The van der Waals surface area contributed by atoms with Crippen molar-refractivity contribution in [3.8, 4) is 5.75 Å². The van der Waals surface area contributed by atoms with E-state index in [1.165, 1.54) is 23.9 Å². The summed E-state index contributed by atoms with van der Waals surface area (Å²) in [6.07, 6.45) is 1.97. The van der Waals surface area contributed by atoms with Gasteiger partial charge in [0.1, 0.15) is 16.1 Å². The minimum absolute atomic E-state index is 0.163. The fraction of sp³-hybridized carbons (Fsp3) is 0.357. The number of halogens is 3. The molecular weight excluding hydrogens is 557 g/mol. The molecular formula is C28H31F3N6O3S. The number of hydrogen-bond donors (Lipinski definition) is 2. The van der Waals surface area contributed by atoms with Crippen molar-refractivity contribution in [2.45, 2.75) is 35.6 Å². The molecule has 3 aromatic rings. The van der Waals surface area contributed by atoms with E-state index in [1.54, 1.807) is 42.9 Å². The molecule has 13 heteroatoms. The minimum atomic E-state index is -4.81. The standard InChI is InChI=1S/C28H31F3N6O3S/c1-36-16-11-21(12-17-36)37(2)18-24(38)35-26(19-9-14-32-15-10-19)41-27-23(4-3-13-33-27)25(39)34-20-5-7-22(8-6-20)40-28(29,30)31/h3-10,13-15,21,26H,11-12,16-18H2,1-2H3,(H,34,39)(H,35,38). The first-order valence-corrected chi connectivity index (χ1v) is 13.8. The molecule has 0 radical (unpaired) electrons. The van der Waals surface area contributed by atoms with Crippen LogP contribution in [0.15, 0.2) is 72.1 Å². The van der Waals surface area contributed by atoms with Crippen molar-refractivity contribution in [1.29, 1.82) is 0 Å². The highest BCUT2D eigenvalue weighted by Crippen LogP contribution is 2.34. The predicted molar refractivity (Wildman–Crippen MR) is 149 cm³/mol. The lowest BCUT2D eigenvalue weighted by atomic mass is 10.0. The lowest BCUT2D eigenvalue weighted by molar-refractivity contribution is -0.274. The highest BCUT2D eigenvalue weighted by Gasteiger charge is 2.31. The third-order valence-electron chi connectivity index (χ3n) is 6.60. The van der Waals surface area contributed by atoms with E-state index in [4.69, 9.17) is 0 Å². The maximum atomic E-state index is 13.1. The SMILES string of the molecule is CN1CCC(N(C)CC(=O)NC(Sc2ncccc2C(=O)Nc2ccc(OC(F)(F)F)cc2)c2ccncc2)CC1. The number of piperidine rings is 1. The maximum Gasteiger partial charge on any atom is 0.573 e. The van der Waals surface area contributed by atoms with E-state index in [2.05, 4.69) is 42.2 Å². The number of anilines is 1. The average molecular weight is 589 g/mol. The van der Waals surface area contributed by atoms with Crippen LogP contribution in [0.5, 0.6) is 5.75 Å². The number of benzene rings is 1. The quantitative estimate of drug-likeness (QED) is 0.263. The molecule has 1 aliphatic heterocycles. The van der Waals surface area contributed by atoms with Crippen LogP contribution in [0.2, 0.25) is 0 Å². The Morgan fingerprint density at radius 3 is 2.44 bits per heavy atom. The number of aromatic nitrogens is 2. The molecule has 41 heavy (non-hydrogen) atoms. The molecule has 0 saturated carbocycles. The van der Waals surface area contributed by atoms with Gasteiger partial charge < -0.3 is 20.3 Å². The molecule has 2 aromatic heterocycles. The molecule has 2 amide bonds. The fourth-order valence-corrected chi connectivity index (χ4v) is 5.53. The number of likely N-dealkylation sites (N-methyl/N-ethyl adjacent to an activating group) is 1. The van der Waals surface area contributed by atoms with Gasteiger partial charge >= 0.3 is 6.36 Å². The van der Waals surface area contributed by atoms with Crippen LogP contribution >= 0.6 is 11.8 Å². The number of ether oxygens (including phenoxy) is 1. The number of hydrogen-bond acceptors (Lipinski definition) is 8. The Kier molecular flexibility index (Phi) is 10.2. The second-order valence-electron chi connectivity index (χ2n) is 9.68. The van der Waals surface area contributed by atoms with Gasteiger partial charge in [0.2, 0.25) is 5.91 Å². The van der Waals surface area contributed by atoms with E-state index < -0.39 is 23.4 Å². The monoisotopic (exact) mass is 588 g/mol. The molecule has 0 spiro atoms. The summed E-state index contributed by atoms with van der Waals surface area (Å²) < 4.78 is 41.2. The van der Waals surface area contributed by atoms with Gasteiger partial charge in [-0.05, 0) is 94.1 Å². The van der Waals surface area contributed by atoms with E-state index in [9.17, 15) is 22.8 Å². The van der Waals surface area contributed by atoms with Crippen LogP contribution in [-0.4, -0.2) is 77.7 Å². The van der Waals surface area contributed by atoms with E-state index in [-0.39, 0.29) is 23.7 Å². The molecule has 0 bridgehead atoms. The average Bonchev–Trinajstić information content (AvgIpc) is 2.94. The number of nitrogens with zero attached hydrogens (tertiary/aromatic N) is 4. The largest absolute Gasteiger partial charge is 0.573 e. The van der Waals surface area contributed by atoms with Gasteiger partial charge in [-0.1, -0.05) is 11.8 Å². The van der Waals surface area contributed by atoms with Crippen LogP contribution in [-0.2, 0) is 4.79 Å². The number of amides is 2. The number of carbonyl (C=O) groups excluding carboxylic acids is 2. The highest BCUT2D eigenvalue weighted by atomic mass is 32.2. The molecule has 1 atom stereocenters. The first-order valence-electron chi connectivity index (χ1n) is 12.9. The maximum absolute atomic E-state index is 13.1.